The Morgan fingerprint density at radius 1 is 0.661 bits per heavy atom. The SMILES string of the molecule is CO[C@H]1C[C@@H]2CC[C@@H](C)[C@@](O)(O2)C(=O)C(=O)N2CCCC[C@H]2C(=O)O[C@H]([C@H](C)C[C@@H]2CC[C@@H](OC(=O)NCCOCCOCCOCCOCCOCCOCCOCCOCCC(=O)NCCSc3ccc(C(=O)N4CCOc5ccc(-c6ccc(N)nc6)cc5C4)c(C)c3)[C@H](OC)C2)C[C@@H](OC)[C@H](C)/C=C(\C)[C@@H](O)[C@@H](O)C(=O)[C@H](C)C[C@H](C)/C=C/C=C/C=C/1C. The lowest BCUT2D eigenvalue weighted by Crippen LogP contribution is -2.61. The standard InChI is InChI=1S/C95H142N6O25S/c1-63-17-13-12-14-18-64(2)81(112-9)59-75-24-20-70(8)95(111,126-75)90(106)92(108)101-33-16-15-19-78(101)93(109)124-83(60-82(113-10)66(4)54-69(7)88(104)89(105)87(103)68(6)53-63)67(5)55-71-21-27-80(84(57-71)114-11)125-94(110)98-31-36-116-39-41-118-43-45-120-47-49-122-51-50-121-48-46-119-44-42-117-40-38-115-35-30-86(102)97-32-52-127-76-25-26-77(65(3)56-76)91(107)100-34-37-123-79-28-22-72(58-74(79)62-100)73-23-29-85(96)99-61-73/h12-14,17-18,22-23,25-26,28-29,54,56,58,61,63,66-68,70-71,75,78,80-84,88-89,104-105,111H,15-16,19-21,24,27,30-53,55,57,59-60,62H2,1-11H3,(H2,96,99)(H,97,102)(H,98,110)/b14-12+,17-13+,64-18+,69-54+/t63-,66-,67-,68-,70-,71+,75+,78+,80-,81+,82-,83+,84-,88-,89+,95-/m1/s1. The summed E-state index contributed by atoms with van der Waals surface area (Å²) in [6, 6.07) is 14.3. The third-order valence-electron chi connectivity index (χ3n) is 24.1. The number of nitrogen functional groups attached to an aromatic ring is 1. The number of aliphatic hydroxyl groups is 3. The summed E-state index contributed by atoms with van der Waals surface area (Å²) in [6.45, 7) is 22.6. The summed E-state index contributed by atoms with van der Waals surface area (Å²) >= 11 is 1.61. The van der Waals surface area contributed by atoms with Gasteiger partial charge in [0.2, 0.25) is 11.7 Å². The van der Waals surface area contributed by atoms with Crippen molar-refractivity contribution in [3.8, 4) is 16.9 Å². The Morgan fingerprint density at radius 3 is 1.95 bits per heavy atom. The quantitative estimate of drug-likeness (QED) is 0.0101. The van der Waals surface area contributed by atoms with Gasteiger partial charge in [-0.1, -0.05) is 77.1 Å². The molecule has 2 bridgehead atoms. The number of aryl methyl sites for hydroxylation is 1. The number of hydrogen-bond donors (Lipinski definition) is 6. The number of aromatic nitrogens is 1. The molecule has 7 N–H and O–H groups in total. The second-order valence-corrected chi connectivity index (χ2v) is 35.0. The Labute approximate surface area is 754 Å². The molecule has 1 aromatic heterocycles. The Hall–Kier alpha value is -7.61. The number of pyridine rings is 1. The second kappa shape index (κ2) is 56.2. The third kappa shape index (κ3) is 34.6. The van der Waals surface area contributed by atoms with Gasteiger partial charge in [-0.2, -0.15) is 0 Å². The van der Waals surface area contributed by atoms with Gasteiger partial charge in [0.05, 0.1) is 137 Å². The predicted octanol–water partition coefficient (Wildman–Crippen LogP) is 10.1. The molecule has 31 nitrogen and oxygen atoms in total. The first-order valence-electron chi connectivity index (χ1n) is 45.2. The Morgan fingerprint density at radius 2 is 1.31 bits per heavy atom. The van der Waals surface area contributed by atoms with Gasteiger partial charge in [-0.15, -0.1) is 11.8 Å². The van der Waals surface area contributed by atoms with Crippen molar-refractivity contribution in [1.29, 1.82) is 0 Å². The number of rotatable bonds is 40. The van der Waals surface area contributed by atoms with E-state index in [9.17, 15) is 48.9 Å². The van der Waals surface area contributed by atoms with Crippen molar-refractivity contribution >= 4 is 58.9 Å². The van der Waals surface area contributed by atoms with Crippen LogP contribution in [0.3, 0.4) is 0 Å². The zero-order valence-corrected chi connectivity index (χ0v) is 77.2. The molecule has 3 aromatic rings. The number of esters is 1. The Bertz CT molecular complexity index is 4000. The third-order valence-corrected chi connectivity index (χ3v) is 25.1. The van der Waals surface area contributed by atoms with Crippen LogP contribution in [0, 0.1) is 42.4 Å². The minimum Gasteiger partial charge on any atom is -0.491 e. The molecule has 2 saturated heterocycles. The molecule has 4 aliphatic heterocycles. The highest BCUT2D eigenvalue weighted by molar-refractivity contribution is 7.99. The topological polar surface area (TPSA) is 388 Å². The van der Waals surface area contributed by atoms with Crippen molar-refractivity contribution in [3.63, 3.8) is 0 Å². The molecule has 16 atom stereocenters. The number of nitrogens with one attached hydrogen (secondary N) is 2. The predicted molar refractivity (Wildman–Crippen MR) is 479 cm³/mol. The van der Waals surface area contributed by atoms with Crippen LogP contribution in [0.1, 0.15) is 153 Å². The fourth-order valence-corrected chi connectivity index (χ4v) is 17.4. The zero-order chi connectivity index (χ0) is 91.6. The van der Waals surface area contributed by atoms with E-state index < -0.39 is 108 Å². The lowest BCUT2D eigenvalue weighted by Gasteiger charge is -2.43. The molecular formula is C95H142N6O25S. The normalized spacial score (nSPS) is 27.4. The number of piperidine rings is 1. The van der Waals surface area contributed by atoms with Crippen molar-refractivity contribution in [3.05, 3.63) is 119 Å². The van der Waals surface area contributed by atoms with E-state index >= 15 is 0 Å². The maximum Gasteiger partial charge on any atom is 0.407 e. The highest BCUT2D eigenvalue weighted by atomic mass is 32.2. The Kier molecular flexibility index (Phi) is 46.4. The number of thioether (sulfide) groups is 1. The average Bonchev–Trinajstić information content (AvgIpc) is 1.02. The van der Waals surface area contributed by atoms with Crippen LogP contribution in [0.4, 0.5) is 10.6 Å². The van der Waals surface area contributed by atoms with Gasteiger partial charge in [0.1, 0.15) is 48.6 Å². The molecule has 0 unspecified atom stereocenters. The zero-order valence-electron chi connectivity index (χ0n) is 76.4. The number of Topliss-reactive ketones (excluding diaryl/α,β-unsaturated/α-hetero) is 2. The van der Waals surface area contributed by atoms with E-state index in [0.717, 1.165) is 38.5 Å². The molecule has 1 aliphatic carbocycles. The van der Waals surface area contributed by atoms with Crippen LogP contribution in [0.2, 0.25) is 0 Å². The number of anilines is 1. The highest BCUT2D eigenvalue weighted by Crippen LogP contribution is 2.40. The molecule has 8 rings (SSSR count). The number of hydrogen-bond acceptors (Lipinski definition) is 28. The van der Waals surface area contributed by atoms with Crippen LogP contribution < -0.4 is 21.1 Å². The van der Waals surface area contributed by atoms with Gasteiger partial charge in [-0.3, -0.25) is 24.0 Å². The molecule has 708 valence electrons. The summed E-state index contributed by atoms with van der Waals surface area (Å²) in [5.74, 6) is -6.20. The number of fused-ring (bicyclic) bond motifs is 4. The number of ether oxygens (including phenoxy) is 15. The van der Waals surface area contributed by atoms with Crippen LogP contribution in [-0.2, 0) is 96.8 Å². The van der Waals surface area contributed by atoms with E-state index in [1.54, 1.807) is 65.1 Å². The van der Waals surface area contributed by atoms with E-state index in [1.165, 1.54) is 12.0 Å². The molecule has 0 spiro atoms. The minimum atomic E-state index is -2.46. The number of cyclic esters (lactones) is 1. The van der Waals surface area contributed by atoms with E-state index in [2.05, 4.69) is 15.6 Å². The maximum absolute atomic E-state index is 14.9. The van der Waals surface area contributed by atoms with Crippen molar-refractivity contribution in [2.24, 2.45) is 35.5 Å². The van der Waals surface area contributed by atoms with E-state index in [4.69, 9.17) is 76.8 Å². The number of carbonyl (C=O) groups excluding carboxylic acids is 7. The summed E-state index contributed by atoms with van der Waals surface area (Å²) in [5, 5.41) is 40.6. The fraction of sp³-hybridized carbons (Fsp3) is 0.663. The van der Waals surface area contributed by atoms with Crippen LogP contribution in [0.5, 0.6) is 5.75 Å². The van der Waals surface area contributed by atoms with Gasteiger partial charge in [0, 0.05) is 118 Å². The molecular weight excluding hydrogens is 1660 g/mol. The van der Waals surface area contributed by atoms with Crippen molar-refractivity contribution < 1.29 is 120 Å². The molecule has 3 fully saturated rings. The highest BCUT2D eigenvalue weighted by Gasteiger charge is 2.53. The van der Waals surface area contributed by atoms with E-state index in [-0.39, 0.29) is 75.1 Å². The average molecular weight is 1800 g/mol. The Balaban J connectivity index is 0.640. The van der Waals surface area contributed by atoms with Gasteiger partial charge in [-0.25, -0.2) is 14.6 Å². The number of nitrogens with two attached hydrogens (primary N) is 1. The van der Waals surface area contributed by atoms with E-state index in [0.29, 0.717) is 206 Å². The molecule has 4 amide bonds. The molecule has 2 aromatic carbocycles. The number of ketones is 2. The van der Waals surface area contributed by atoms with Crippen LogP contribution in [0.25, 0.3) is 11.1 Å². The maximum atomic E-state index is 14.9. The monoisotopic (exact) mass is 1800 g/mol. The number of benzene rings is 2. The first kappa shape index (κ1) is 105. The summed E-state index contributed by atoms with van der Waals surface area (Å²) < 4.78 is 87.5. The molecule has 1 saturated carbocycles. The van der Waals surface area contributed by atoms with Gasteiger partial charge in [0.25, 0.3) is 17.6 Å². The van der Waals surface area contributed by atoms with Crippen molar-refractivity contribution in [1.82, 2.24) is 25.4 Å². The van der Waals surface area contributed by atoms with Crippen molar-refractivity contribution in [2.75, 3.05) is 171 Å². The number of aliphatic hydroxyl groups excluding tert-OH is 2. The fourth-order valence-electron chi connectivity index (χ4n) is 16.6. The summed E-state index contributed by atoms with van der Waals surface area (Å²) in [5.41, 5.74) is 11.3. The van der Waals surface area contributed by atoms with Crippen LogP contribution >= 0.6 is 11.8 Å². The molecule has 32 heteroatoms. The van der Waals surface area contributed by atoms with Crippen LogP contribution in [0.15, 0.2) is 107 Å². The number of amides is 4. The summed E-state index contributed by atoms with van der Waals surface area (Å²) in [6.07, 6.45) is 11.1. The molecule has 0 radical (unpaired) electrons. The lowest BCUT2D eigenvalue weighted by atomic mass is 9.78. The lowest BCUT2D eigenvalue weighted by molar-refractivity contribution is -0.265. The number of allylic oxidation sites excluding steroid dienone is 5. The largest absolute Gasteiger partial charge is 0.491 e. The first-order chi connectivity index (χ1) is 61.2. The van der Waals surface area contributed by atoms with Gasteiger partial charge in [0.15, 0.2) is 5.78 Å². The summed E-state index contributed by atoms with van der Waals surface area (Å²) in [4.78, 5) is 105. The van der Waals surface area contributed by atoms with Gasteiger partial charge >= 0.3 is 12.1 Å². The molecule has 5 heterocycles. The molecule has 127 heavy (non-hydrogen) atoms. The van der Waals surface area contributed by atoms with Gasteiger partial charge in [-0.05, 0) is 167 Å². The first-order valence-corrected chi connectivity index (χ1v) is 46.2. The molecule has 5 aliphatic rings. The number of carbonyl (C=O) groups is 7. The van der Waals surface area contributed by atoms with Crippen molar-refractivity contribution in [2.45, 2.75) is 211 Å². The number of alkyl carbamates (subject to hydrolysis) is 1. The van der Waals surface area contributed by atoms with Gasteiger partial charge < -0.3 is 113 Å². The number of methoxy groups -OCH3 is 3. The summed E-state index contributed by atoms with van der Waals surface area (Å²) in [7, 11) is 4.68. The minimum absolute atomic E-state index is 0.0320. The number of nitrogens with zero attached hydrogens (tertiary/aromatic N) is 3. The second-order valence-electron chi connectivity index (χ2n) is 33.8. The van der Waals surface area contributed by atoms with Crippen LogP contribution in [-0.4, -0.2) is 298 Å². The smallest absolute Gasteiger partial charge is 0.407 e. The van der Waals surface area contributed by atoms with E-state index in [1.807, 2.05) is 112 Å².